The van der Waals surface area contributed by atoms with Gasteiger partial charge in [-0.15, -0.1) is 16.4 Å². The van der Waals surface area contributed by atoms with Crippen molar-refractivity contribution >= 4 is 40.3 Å². The lowest BCUT2D eigenvalue weighted by atomic mass is 10.1. The molecule has 6 heteroatoms. The molecule has 0 fully saturated rings. The van der Waals surface area contributed by atoms with E-state index in [-0.39, 0.29) is 0 Å². The molecule has 0 spiro atoms. The van der Waals surface area contributed by atoms with Gasteiger partial charge in [0.25, 0.3) is 0 Å². The molecule has 0 radical (unpaired) electrons. The quantitative estimate of drug-likeness (QED) is 0.247. The van der Waals surface area contributed by atoms with Gasteiger partial charge < -0.3 is 0 Å². The number of nitrogens with zero attached hydrogens (tertiary/aromatic N) is 3. The zero-order chi connectivity index (χ0) is 20.2. The molecule has 0 saturated heterocycles. The Morgan fingerprint density at radius 3 is 2.10 bits per heavy atom. The van der Waals surface area contributed by atoms with Crippen LogP contribution in [0.5, 0.6) is 0 Å². The van der Waals surface area contributed by atoms with Crippen LogP contribution in [0.1, 0.15) is 12.5 Å². The van der Waals surface area contributed by atoms with Crippen molar-refractivity contribution in [3.8, 4) is 16.9 Å². The highest BCUT2D eigenvalue weighted by Crippen LogP contribution is 2.25. The first-order valence-corrected chi connectivity index (χ1v) is 10.6. The topological polar surface area (TPSA) is 29.6 Å². The maximum Gasteiger partial charge on any atom is 0.215 e. The summed E-state index contributed by atoms with van der Waals surface area (Å²) in [4.78, 5) is 0.787. The third-order valence-corrected chi connectivity index (χ3v) is 5.73. The Labute approximate surface area is 183 Å². The molecule has 1 aromatic heterocycles. The maximum absolute atomic E-state index is 6.06. The summed E-state index contributed by atoms with van der Waals surface area (Å²) < 4.78 is 2.10. The normalized spacial score (nSPS) is 12.4. The van der Waals surface area contributed by atoms with E-state index in [1.807, 2.05) is 73.7 Å². The minimum Gasteiger partial charge on any atom is -0.284 e. The Morgan fingerprint density at radius 2 is 1.45 bits per heavy atom. The Balaban J connectivity index is 1.83. The molecule has 0 unspecified atom stereocenters. The lowest BCUT2D eigenvalue weighted by molar-refractivity contribution is 0.970. The van der Waals surface area contributed by atoms with Crippen LogP contribution in [0.4, 0.5) is 0 Å². The molecule has 4 rings (SSSR count). The first kappa shape index (κ1) is 19.6. The van der Waals surface area contributed by atoms with Gasteiger partial charge in [-0.05, 0) is 54.4 Å². The fraction of sp³-hybridized carbons (Fsp3) is 0.0435. The third kappa shape index (κ3) is 4.51. The van der Waals surface area contributed by atoms with Crippen LogP contribution in [0.2, 0.25) is 10.0 Å². The van der Waals surface area contributed by atoms with Gasteiger partial charge in [0.2, 0.25) is 4.80 Å². The average Bonchev–Trinajstić information content (AvgIpc) is 3.17. The van der Waals surface area contributed by atoms with Crippen molar-refractivity contribution in [2.45, 2.75) is 6.92 Å². The summed E-state index contributed by atoms with van der Waals surface area (Å²) in [6, 6.07) is 25.5. The molecule has 0 aliphatic carbocycles. The molecular weight excluding hydrogens is 421 g/mol. The monoisotopic (exact) mass is 437 g/mol. The highest BCUT2D eigenvalue weighted by atomic mass is 35.5. The molecule has 1 heterocycles. The third-order valence-electron chi connectivity index (χ3n) is 4.41. The van der Waals surface area contributed by atoms with Crippen LogP contribution in [0.25, 0.3) is 16.9 Å². The molecule has 0 N–H and O–H groups in total. The van der Waals surface area contributed by atoms with Gasteiger partial charge in [-0.2, -0.15) is 5.10 Å². The first-order chi connectivity index (χ1) is 14.1. The minimum atomic E-state index is 0.700. The first-order valence-electron chi connectivity index (χ1n) is 8.98. The lowest BCUT2D eigenvalue weighted by Crippen LogP contribution is -2.13. The van der Waals surface area contributed by atoms with Crippen LogP contribution in [-0.4, -0.2) is 10.3 Å². The van der Waals surface area contributed by atoms with E-state index in [2.05, 4.69) is 32.3 Å². The van der Waals surface area contributed by atoms with E-state index in [4.69, 9.17) is 23.2 Å². The van der Waals surface area contributed by atoms with Crippen molar-refractivity contribution in [1.82, 2.24) is 4.57 Å². The van der Waals surface area contributed by atoms with Crippen molar-refractivity contribution in [2.24, 2.45) is 10.2 Å². The van der Waals surface area contributed by atoms with Gasteiger partial charge in [0, 0.05) is 21.1 Å². The number of halogens is 2. The molecule has 0 saturated carbocycles. The van der Waals surface area contributed by atoms with E-state index in [1.54, 1.807) is 11.3 Å². The minimum absolute atomic E-state index is 0.700. The molecule has 4 aromatic rings. The smallest absolute Gasteiger partial charge is 0.215 e. The molecule has 0 aliphatic heterocycles. The van der Waals surface area contributed by atoms with Crippen molar-refractivity contribution in [3.05, 3.63) is 105 Å². The van der Waals surface area contributed by atoms with Gasteiger partial charge in [0.1, 0.15) is 0 Å². The molecule has 144 valence electrons. The maximum atomic E-state index is 6.06. The summed E-state index contributed by atoms with van der Waals surface area (Å²) in [7, 11) is 0. The Kier molecular flexibility index (Phi) is 5.95. The van der Waals surface area contributed by atoms with Crippen molar-refractivity contribution in [3.63, 3.8) is 0 Å². The summed E-state index contributed by atoms with van der Waals surface area (Å²) in [5.74, 6) is 0. The fourth-order valence-electron chi connectivity index (χ4n) is 2.90. The van der Waals surface area contributed by atoms with Gasteiger partial charge in [0.05, 0.1) is 11.4 Å². The van der Waals surface area contributed by atoms with E-state index >= 15 is 0 Å². The van der Waals surface area contributed by atoms with Gasteiger partial charge in [-0.25, -0.2) is 0 Å². The molecule has 29 heavy (non-hydrogen) atoms. The Bertz CT molecular complexity index is 1210. The highest BCUT2D eigenvalue weighted by Gasteiger charge is 2.10. The predicted octanol–water partition coefficient (Wildman–Crippen LogP) is 6.84. The fourth-order valence-corrected chi connectivity index (χ4v) is 4.00. The van der Waals surface area contributed by atoms with Crippen LogP contribution >= 0.6 is 34.5 Å². The van der Waals surface area contributed by atoms with Crippen LogP contribution < -0.4 is 4.80 Å². The molecule has 3 nitrogen and oxygen atoms in total. The zero-order valence-corrected chi connectivity index (χ0v) is 17.9. The van der Waals surface area contributed by atoms with Crippen molar-refractivity contribution in [1.29, 1.82) is 0 Å². The second-order valence-electron chi connectivity index (χ2n) is 6.37. The second kappa shape index (κ2) is 8.78. The van der Waals surface area contributed by atoms with Crippen LogP contribution in [0, 0.1) is 0 Å². The second-order valence-corrected chi connectivity index (χ2v) is 8.08. The van der Waals surface area contributed by atoms with E-state index in [0.29, 0.717) is 10.0 Å². The van der Waals surface area contributed by atoms with Crippen molar-refractivity contribution < 1.29 is 0 Å². The van der Waals surface area contributed by atoms with Gasteiger partial charge in [-0.3, -0.25) is 4.57 Å². The van der Waals surface area contributed by atoms with Crippen LogP contribution in [-0.2, 0) is 0 Å². The SMILES string of the molecule is C/C(=N\N=c1/scc(-c2ccc(Cl)cc2)n1-c1ccccc1)c1ccc(Cl)cc1. The highest BCUT2D eigenvalue weighted by molar-refractivity contribution is 7.07. The number of aromatic nitrogens is 1. The van der Waals surface area contributed by atoms with Gasteiger partial charge in [-0.1, -0.05) is 65.7 Å². The van der Waals surface area contributed by atoms with E-state index in [9.17, 15) is 0 Å². The predicted molar refractivity (Wildman–Crippen MR) is 123 cm³/mol. The number of benzene rings is 3. The van der Waals surface area contributed by atoms with Crippen LogP contribution in [0.15, 0.2) is 94.4 Å². The van der Waals surface area contributed by atoms with Gasteiger partial charge >= 0.3 is 0 Å². The van der Waals surface area contributed by atoms with Gasteiger partial charge in [0.15, 0.2) is 0 Å². The number of para-hydroxylation sites is 1. The number of hydrogen-bond acceptors (Lipinski definition) is 3. The largest absolute Gasteiger partial charge is 0.284 e. The summed E-state index contributed by atoms with van der Waals surface area (Å²) >= 11 is 13.6. The summed E-state index contributed by atoms with van der Waals surface area (Å²) in [5, 5.41) is 12.5. The van der Waals surface area contributed by atoms with E-state index < -0.39 is 0 Å². The lowest BCUT2D eigenvalue weighted by Gasteiger charge is -2.09. The molecule has 0 aliphatic rings. The molecule has 0 atom stereocenters. The zero-order valence-electron chi connectivity index (χ0n) is 15.6. The number of thiazole rings is 1. The Morgan fingerprint density at radius 1 is 0.828 bits per heavy atom. The Hall–Kier alpha value is -2.66. The van der Waals surface area contributed by atoms with Crippen LogP contribution in [0.3, 0.4) is 0 Å². The summed E-state index contributed by atoms with van der Waals surface area (Å²) in [6.45, 7) is 1.94. The molecular formula is C23H17Cl2N3S. The summed E-state index contributed by atoms with van der Waals surface area (Å²) in [5.41, 5.74) is 4.93. The molecule has 0 bridgehead atoms. The van der Waals surface area contributed by atoms with Crippen molar-refractivity contribution in [2.75, 3.05) is 0 Å². The number of rotatable bonds is 4. The standard InChI is InChI=1S/C23H17Cl2N3S/c1-16(17-7-11-19(24)12-8-17)26-27-23-28(21-5-3-2-4-6-21)22(15-29-23)18-9-13-20(25)14-10-18/h2-15H,1H3/b26-16+,27-23-. The summed E-state index contributed by atoms with van der Waals surface area (Å²) in [6.07, 6.45) is 0. The molecule has 3 aromatic carbocycles. The average molecular weight is 438 g/mol. The number of hydrogen-bond donors (Lipinski definition) is 0. The molecule has 0 amide bonds. The van der Waals surface area contributed by atoms with E-state index in [0.717, 1.165) is 33.0 Å². The van der Waals surface area contributed by atoms with E-state index in [1.165, 1.54) is 0 Å².